The van der Waals surface area contributed by atoms with E-state index >= 15 is 0 Å². The molecular weight excluding hydrogens is 613 g/mol. The van der Waals surface area contributed by atoms with Crippen molar-refractivity contribution in [1.82, 2.24) is 10.2 Å². The van der Waals surface area contributed by atoms with E-state index in [1.54, 1.807) is 30.3 Å². The molecule has 3 aromatic rings. The molecular formula is C31H35Cl2N3O6S. The van der Waals surface area contributed by atoms with Gasteiger partial charge in [0.25, 0.3) is 0 Å². The van der Waals surface area contributed by atoms with E-state index in [2.05, 4.69) is 5.32 Å². The highest BCUT2D eigenvalue weighted by Crippen LogP contribution is 2.35. The fourth-order valence-electron chi connectivity index (χ4n) is 4.65. The van der Waals surface area contributed by atoms with Crippen molar-refractivity contribution in [1.29, 1.82) is 0 Å². The van der Waals surface area contributed by atoms with Gasteiger partial charge in [0.2, 0.25) is 21.8 Å². The smallest absolute Gasteiger partial charge is 0.244 e. The number of carbonyl (C=O) groups excluding carboxylic acids is 2. The summed E-state index contributed by atoms with van der Waals surface area (Å²) in [6.45, 7) is 3.81. The summed E-state index contributed by atoms with van der Waals surface area (Å²) in [5.74, 6) is -0.134. The highest BCUT2D eigenvalue weighted by molar-refractivity contribution is 7.92. The molecule has 0 aromatic heterocycles. The maximum absolute atomic E-state index is 14.3. The zero-order valence-corrected chi connectivity index (χ0v) is 26.6. The van der Waals surface area contributed by atoms with Crippen molar-refractivity contribution in [2.75, 3.05) is 30.3 Å². The van der Waals surface area contributed by atoms with Gasteiger partial charge in [0.15, 0.2) is 11.5 Å². The molecule has 2 atom stereocenters. The first kappa shape index (κ1) is 32.4. The fraction of sp³-hybridized carbons (Fsp3) is 0.355. The number of nitrogens with one attached hydrogen (secondary N) is 1. The van der Waals surface area contributed by atoms with Gasteiger partial charge in [-0.25, -0.2) is 8.42 Å². The third-order valence-corrected chi connectivity index (χ3v) is 9.00. The van der Waals surface area contributed by atoms with Crippen molar-refractivity contribution in [3.63, 3.8) is 0 Å². The lowest BCUT2D eigenvalue weighted by Crippen LogP contribution is -2.54. The number of sulfonamides is 1. The molecule has 2 amide bonds. The van der Waals surface area contributed by atoms with Gasteiger partial charge < -0.3 is 19.7 Å². The molecule has 0 saturated carbocycles. The largest absolute Gasteiger partial charge is 0.486 e. The van der Waals surface area contributed by atoms with Gasteiger partial charge in [0, 0.05) is 40.7 Å². The van der Waals surface area contributed by atoms with Gasteiger partial charge in [-0.3, -0.25) is 13.9 Å². The van der Waals surface area contributed by atoms with E-state index in [9.17, 15) is 18.0 Å². The van der Waals surface area contributed by atoms with Gasteiger partial charge in [-0.1, -0.05) is 66.5 Å². The maximum Gasteiger partial charge on any atom is 0.244 e. The summed E-state index contributed by atoms with van der Waals surface area (Å²) >= 11 is 13.0. The average molecular weight is 649 g/mol. The zero-order valence-electron chi connectivity index (χ0n) is 24.3. The predicted octanol–water partition coefficient (Wildman–Crippen LogP) is 5.09. The molecule has 4 rings (SSSR count). The fourth-order valence-corrected chi connectivity index (χ4v) is 6.01. The Labute approximate surface area is 262 Å². The van der Waals surface area contributed by atoms with Crippen LogP contribution in [0.15, 0.2) is 66.7 Å². The van der Waals surface area contributed by atoms with Crippen LogP contribution in [0.2, 0.25) is 10.0 Å². The predicted molar refractivity (Wildman–Crippen MR) is 168 cm³/mol. The van der Waals surface area contributed by atoms with Gasteiger partial charge >= 0.3 is 0 Å². The van der Waals surface area contributed by atoms with Crippen LogP contribution in [-0.2, 0) is 32.6 Å². The Morgan fingerprint density at radius 3 is 2.23 bits per heavy atom. The van der Waals surface area contributed by atoms with Crippen molar-refractivity contribution in [2.24, 2.45) is 0 Å². The minimum atomic E-state index is -3.95. The Hall–Kier alpha value is -3.47. The average Bonchev–Trinajstić information content (AvgIpc) is 2.98. The van der Waals surface area contributed by atoms with Crippen LogP contribution < -0.4 is 19.1 Å². The maximum atomic E-state index is 14.3. The van der Waals surface area contributed by atoms with E-state index in [1.807, 2.05) is 44.2 Å². The second kappa shape index (κ2) is 14.3. The first-order valence-electron chi connectivity index (χ1n) is 13.9. The molecule has 0 spiro atoms. The van der Waals surface area contributed by atoms with Gasteiger partial charge in [0.05, 0.1) is 11.9 Å². The van der Waals surface area contributed by atoms with Gasteiger partial charge in [-0.05, 0) is 43.2 Å². The third kappa shape index (κ3) is 8.34. The SMILES string of the molecule is CC[C@@H](C)NC(=O)[C@H](Cc1ccccc1)N(Cc1c(Cl)cccc1Cl)C(=O)CN(c1ccc2c(c1)OCCO2)S(C)(=O)=O. The molecule has 43 heavy (non-hydrogen) atoms. The van der Waals surface area contributed by atoms with Crippen LogP contribution in [0.3, 0.4) is 0 Å². The summed E-state index contributed by atoms with van der Waals surface area (Å²) < 4.78 is 38.3. The van der Waals surface area contributed by atoms with Gasteiger partial charge in [0.1, 0.15) is 25.8 Å². The normalized spacial score (nSPS) is 14.0. The Bertz CT molecular complexity index is 1530. The van der Waals surface area contributed by atoms with Crippen LogP contribution in [0.1, 0.15) is 31.4 Å². The quantitative estimate of drug-likeness (QED) is 0.294. The van der Waals surface area contributed by atoms with Crippen molar-refractivity contribution in [3.05, 3.63) is 87.9 Å². The highest BCUT2D eigenvalue weighted by atomic mass is 35.5. The number of ether oxygens (including phenoxy) is 2. The van der Waals surface area contributed by atoms with Crippen LogP contribution in [0.5, 0.6) is 11.5 Å². The van der Waals surface area contributed by atoms with Gasteiger partial charge in [-0.2, -0.15) is 0 Å². The topological polar surface area (TPSA) is 105 Å². The molecule has 0 unspecified atom stereocenters. The van der Waals surface area contributed by atoms with Crippen molar-refractivity contribution in [2.45, 2.75) is 45.3 Å². The second-order valence-electron chi connectivity index (χ2n) is 10.3. The Morgan fingerprint density at radius 2 is 1.60 bits per heavy atom. The highest BCUT2D eigenvalue weighted by Gasteiger charge is 2.34. The molecule has 1 heterocycles. The molecule has 0 fully saturated rings. The van der Waals surface area contributed by atoms with Gasteiger partial charge in [-0.15, -0.1) is 0 Å². The van der Waals surface area contributed by atoms with E-state index in [0.29, 0.717) is 46.7 Å². The van der Waals surface area contributed by atoms with Crippen LogP contribution in [0, 0.1) is 0 Å². The number of benzene rings is 3. The number of amides is 2. The third-order valence-electron chi connectivity index (χ3n) is 7.16. The Morgan fingerprint density at radius 1 is 0.953 bits per heavy atom. The summed E-state index contributed by atoms with van der Waals surface area (Å²) in [6.07, 6.45) is 1.88. The Balaban J connectivity index is 1.77. The molecule has 3 aromatic carbocycles. The first-order chi connectivity index (χ1) is 20.5. The van der Waals surface area contributed by atoms with E-state index in [-0.39, 0.29) is 30.6 Å². The molecule has 0 aliphatic carbocycles. The van der Waals surface area contributed by atoms with E-state index in [1.165, 1.54) is 11.0 Å². The minimum Gasteiger partial charge on any atom is -0.486 e. The monoisotopic (exact) mass is 647 g/mol. The summed E-state index contributed by atoms with van der Waals surface area (Å²) in [4.78, 5) is 29.4. The number of carbonyl (C=O) groups is 2. The lowest BCUT2D eigenvalue weighted by molar-refractivity contribution is -0.140. The summed E-state index contributed by atoms with van der Waals surface area (Å²) in [7, 11) is -3.95. The Kier molecular flexibility index (Phi) is 10.8. The minimum absolute atomic E-state index is 0.124. The zero-order chi connectivity index (χ0) is 31.1. The van der Waals surface area contributed by atoms with E-state index in [4.69, 9.17) is 32.7 Å². The molecule has 1 aliphatic heterocycles. The van der Waals surface area contributed by atoms with E-state index in [0.717, 1.165) is 16.1 Å². The molecule has 9 nitrogen and oxygen atoms in total. The van der Waals surface area contributed by atoms with Crippen LogP contribution >= 0.6 is 23.2 Å². The molecule has 1 aliphatic rings. The molecule has 0 bridgehead atoms. The number of hydrogen-bond acceptors (Lipinski definition) is 6. The van der Waals surface area contributed by atoms with Crippen molar-refractivity contribution in [3.8, 4) is 11.5 Å². The van der Waals surface area contributed by atoms with E-state index < -0.39 is 28.5 Å². The number of anilines is 1. The molecule has 1 N–H and O–H groups in total. The summed E-state index contributed by atoms with van der Waals surface area (Å²) in [5, 5.41) is 3.62. The number of rotatable bonds is 12. The van der Waals surface area contributed by atoms with Crippen LogP contribution in [0.4, 0.5) is 5.69 Å². The molecule has 0 saturated heterocycles. The lowest BCUT2D eigenvalue weighted by atomic mass is 10.0. The molecule has 230 valence electrons. The number of halogens is 2. The molecule has 0 radical (unpaired) electrons. The first-order valence-corrected chi connectivity index (χ1v) is 16.5. The van der Waals surface area contributed by atoms with Crippen LogP contribution in [0.25, 0.3) is 0 Å². The number of fused-ring (bicyclic) bond motifs is 1. The lowest BCUT2D eigenvalue weighted by Gasteiger charge is -2.34. The molecule has 12 heteroatoms. The summed E-state index contributed by atoms with van der Waals surface area (Å²) in [6, 6.07) is 17.8. The second-order valence-corrected chi connectivity index (χ2v) is 13.1. The summed E-state index contributed by atoms with van der Waals surface area (Å²) in [5.41, 5.74) is 1.49. The standard InChI is InChI=1S/C31H35Cl2N3O6S/c1-4-21(2)34-31(38)27(17-22-9-6-5-7-10-22)35(19-24-25(32)11-8-12-26(24)33)30(37)20-36(43(3,39)40)23-13-14-28-29(18-23)42-16-15-41-28/h5-14,18,21,27H,4,15-17,19-20H2,1-3H3,(H,34,38)/t21-,27+/m1/s1. The number of nitrogens with zero attached hydrogens (tertiary/aromatic N) is 2. The van der Waals surface area contributed by atoms with Crippen LogP contribution in [-0.4, -0.2) is 63.2 Å². The number of hydrogen-bond donors (Lipinski definition) is 1. The van der Waals surface area contributed by atoms with Crippen molar-refractivity contribution >= 4 is 50.7 Å². The van der Waals surface area contributed by atoms with Crippen molar-refractivity contribution < 1.29 is 27.5 Å².